The van der Waals surface area contributed by atoms with Gasteiger partial charge < -0.3 is 89.9 Å². The number of carbonyl (C=O) groups is 1. The Bertz CT molecular complexity index is 1740. The summed E-state index contributed by atoms with van der Waals surface area (Å²) in [5, 5.41) is 120. The highest BCUT2D eigenvalue weighted by molar-refractivity contribution is 5.76. The molecule has 0 aromatic rings. The molecule has 1 amide bonds. The third kappa shape index (κ3) is 33.2. The van der Waals surface area contributed by atoms with E-state index in [1.165, 1.54) is 161 Å². The highest BCUT2D eigenvalue weighted by Crippen LogP contribution is 2.33. The summed E-state index contributed by atoms with van der Waals surface area (Å²) in [4.78, 5) is 13.3. The number of nitrogens with one attached hydrogen (secondary N) is 1. The highest BCUT2D eigenvalue weighted by Gasteiger charge is 2.53. The van der Waals surface area contributed by atoms with E-state index in [9.17, 15) is 61.0 Å². The maximum absolute atomic E-state index is 13.3. The molecule has 3 rings (SSSR count). The van der Waals surface area contributed by atoms with Crippen molar-refractivity contribution >= 4 is 5.91 Å². The Kier molecular flexibility index (Phi) is 46.9. The van der Waals surface area contributed by atoms with Crippen molar-refractivity contribution in [1.29, 1.82) is 0 Å². The van der Waals surface area contributed by atoms with Crippen molar-refractivity contribution in [1.82, 2.24) is 5.32 Å². The summed E-state index contributed by atoms with van der Waals surface area (Å²) in [7, 11) is 0. The lowest BCUT2D eigenvalue weighted by Gasteiger charge is -2.48. The second-order valence-corrected chi connectivity index (χ2v) is 25.3. The number of aliphatic hydroxyl groups is 11. The summed E-state index contributed by atoms with van der Waals surface area (Å²) in [5.74, 6) is -0.289. The summed E-state index contributed by atoms with van der Waals surface area (Å²) >= 11 is 0. The molecule has 0 aliphatic carbocycles. The molecular weight excluding hydrogens is 1130 g/mol. The van der Waals surface area contributed by atoms with Crippen molar-refractivity contribution < 1.29 is 89.4 Å². The number of hydrogen-bond acceptors (Lipinski definition) is 18. The van der Waals surface area contributed by atoms with Crippen LogP contribution in [-0.2, 0) is 33.2 Å². The van der Waals surface area contributed by atoms with Crippen LogP contribution >= 0.6 is 0 Å². The Labute approximate surface area is 530 Å². The molecule has 17 unspecified atom stereocenters. The SMILES string of the molecule is CCC/C=C\C/C=C\CCCCCCCC(=O)NC(COC1OC(CO)C(OC2OC(CO)C(OC3OC(CO)C(O)C(O)C3O)C(O)C2O)C(O)C1O)C(O)/C=C/CCCCCCCCCCCCCCCCCCCCCCCCCCCCCC. The Morgan fingerprint density at radius 1 is 0.409 bits per heavy atom. The van der Waals surface area contributed by atoms with Crippen molar-refractivity contribution in [2.45, 2.75) is 369 Å². The van der Waals surface area contributed by atoms with E-state index < -0.39 is 124 Å². The maximum atomic E-state index is 13.3. The highest BCUT2D eigenvalue weighted by atomic mass is 16.8. The van der Waals surface area contributed by atoms with Crippen molar-refractivity contribution in [3.63, 3.8) is 0 Å². The van der Waals surface area contributed by atoms with Crippen molar-refractivity contribution in [2.24, 2.45) is 0 Å². The van der Waals surface area contributed by atoms with Crippen LogP contribution in [0.3, 0.4) is 0 Å². The Balaban J connectivity index is 1.39. The molecule has 19 nitrogen and oxygen atoms in total. The number of amides is 1. The fourth-order valence-corrected chi connectivity index (χ4v) is 11.9. The van der Waals surface area contributed by atoms with Gasteiger partial charge in [-0.25, -0.2) is 0 Å². The average molecular weight is 1260 g/mol. The minimum absolute atomic E-state index is 0.227. The zero-order valence-electron chi connectivity index (χ0n) is 54.5. The van der Waals surface area contributed by atoms with Crippen LogP contribution in [0.2, 0.25) is 0 Å². The molecule has 0 radical (unpaired) electrons. The molecule has 0 spiro atoms. The molecule has 12 N–H and O–H groups in total. The lowest BCUT2D eigenvalue weighted by atomic mass is 9.96. The van der Waals surface area contributed by atoms with Crippen LogP contribution in [0.25, 0.3) is 0 Å². The van der Waals surface area contributed by atoms with E-state index in [2.05, 4.69) is 43.5 Å². The van der Waals surface area contributed by atoms with Gasteiger partial charge in [0, 0.05) is 6.42 Å². The molecule has 3 saturated heterocycles. The summed E-state index contributed by atoms with van der Waals surface area (Å²) in [6.07, 6.45) is 32.9. The molecule has 0 bridgehead atoms. The lowest BCUT2D eigenvalue weighted by molar-refractivity contribution is -0.379. The second-order valence-electron chi connectivity index (χ2n) is 25.3. The molecule has 3 aliphatic rings. The first kappa shape index (κ1) is 80.2. The first-order valence-electron chi connectivity index (χ1n) is 35.2. The molecule has 88 heavy (non-hydrogen) atoms. The van der Waals surface area contributed by atoms with Crippen LogP contribution in [0.15, 0.2) is 36.5 Å². The Morgan fingerprint density at radius 3 is 1.20 bits per heavy atom. The van der Waals surface area contributed by atoms with E-state index in [1.54, 1.807) is 6.08 Å². The van der Waals surface area contributed by atoms with Crippen LogP contribution < -0.4 is 5.32 Å². The smallest absolute Gasteiger partial charge is 0.220 e. The summed E-state index contributed by atoms with van der Waals surface area (Å²) in [6, 6.07) is -0.980. The number of allylic oxidation sites excluding steroid dienone is 5. The van der Waals surface area contributed by atoms with Gasteiger partial charge in [-0.05, 0) is 44.9 Å². The lowest BCUT2D eigenvalue weighted by Crippen LogP contribution is -2.66. The van der Waals surface area contributed by atoms with E-state index in [0.29, 0.717) is 6.42 Å². The van der Waals surface area contributed by atoms with Gasteiger partial charge in [0.25, 0.3) is 0 Å². The van der Waals surface area contributed by atoms with Gasteiger partial charge in [-0.1, -0.05) is 249 Å². The molecule has 0 aromatic carbocycles. The van der Waals surface area contributed by atoms with Gasteiger partial charge in [-0.3, -0.25) is 4.79 Å². The van der Waals surface area contributed by atoms with Gasteiger partial charge in [0.15, 0.2) is 18.9 Å². The number of unbranched alkanes of at least 4 members (excludes halogenated alkanes) is 34. The minimum atomic E-state index is -1.98. The maximum Gasteiger partial charge on any atom is 0.220 e. The average Bonchev–Trinajstić information content (AvgIpc) is 1.80. The van der Waals surface area contributed by atoms with Crippen molar-refractivity contribution in [2.75, 3.05) is 26.4 Å². The first-order chi connectivity index (χ1) is 42.8. The molecule has 3 fully saturated rings. The molecular formula is C69H127NO18. The molecule has 0 aromatic heterocycles. The van der Waals surface area contributed by atoms with Gasteiger partial charge in [0.1, 0.15) is 73.2 Å². The van der Waals surface area contributed by atoms with Crippen LogP contribution in [0.5, 0.6) is 0 Å². The number of aliphatic hydroxyl groups excluding tert-OH is 11. The third-order valence-corrected chi connectivity index (χ3v) is 17.7. The summed E-state index contributed by atoms with van der Waals surface area (Å²) in [5.41, 5.74) is 0. The van der Waals surface area contributed by atoms with Crippen molar-refractivity contribution in [3.05, 3.63) is 36.5 Å². The molecule has 3 aliphatic heterocycles. The third-order valence-electron chi connectivity index (χ3n) is 17.7. The summed E-state index contributed by atoms with van der Waals surface area (Å²) in [6.45, 7) is 1.67. The minimum Gasteiger partial charge on any atom is -0.394 e. The fourth-order valence-electron chi connectivity index (χ4n) is 11.9. The number of rotatable bonds is 54. The van der Waals surface area contributed by atoms with Crippen molar-refractivity contribution in [3.8, 4) is 0 Å². The van der Waals surface area contributed by atoms with Gasteiger partial charge in [0.2, 0.25) is 5.91 Å². The van der Waals surface area contributed by atoms with Gasteiger partial charge in [-0.15, -0.1) is 0 Å². The molecule has 0 saturated carbocycles. The van der Waals surface area contributed by atoms with Crippen LogP contribution in [0.1, 0.15) is 264 Å². The quantitative estimate of drug-likeness (QED) is 0.0199. The summed E-state index contributed by atoms with van der Waals surface area (Å²) < 4.78 is 34.3. The van der Waals surface area contributed by atoms with E-state index in [-0.39, 0.29) is 18.9 Å². The zero-order valence-corrected chi connectivity index (χ0v) is 54.5. The Hall–Kier alpha value is -1.99. The predicted octanol–water partition coefficient (Wildman–Crippen LogP) is 9.22. The van der Waals surface area contributed by atoms with Crippen LogP contribution in [-0.4, -0.2) is 193 Å². The van der Waals surface area contributed by atoms with Gasteiger partial charge in [-0.2, -0.15) is 0 Å². The zero-order chi connectivity index (χ0) is 64.0. The molecule has 3 heterocycles. The standard InChI is InChI=1S/C69H127NO18/c1-3-5-7-9-11-13-15-17-18-19-20-21-22-23-24-25-26-27-28-29-30-31-32-33-35-36-38-40-42-44-46-53(74)52(70-57(75)47-45-43-41-39-37-34-16-14-12-10-8-6-4-2)51-83-67-63(81)60(78)65(55(49-72)85-67)88-69-64(82)61(79)66(56(50-73)86-69)87-68-62(80)59(77)58(76)54(48-71)84-68/h8,10,14,16,44,46,52-56,58-69,71-74,76-82H,3-7,9,11-13,15,17-43,45,47-51H2,1-2H3,(H,70,75)/b10-8-,16-14-,46-44+. The monoisotopic (exact) mass is 1260 g/mol. The van der Waals surface area contributed by atoms with E-state index >= 15 is 0 Å². The number of carbonyl (C=O) groups excluding carboxylic acids is 1. The van der Waals surface area contributed by atoms with E-state index in [1.807, 2.05) is 6.08 Å². The van der Waals surface area contributed by atoms with E-state index in [0.717, 1.165) is 77.0 Å². The van der Waals surface area contributed by atoms with Crippen LogP contribution in [0, 0.1) is 0 Å². The van der Waals surface area contributed by atoms with Gasteiger partial charge in [0.05, 0.1) is 38.6 Å². The first-order valence-corrected chi connectivity index (χ1v) is 35.2. The second kappa shape index (κ2) is 51.4. The molecule has 17 atom stereocenters. The normalized spacial score (nSPS) is 28.6. The molecule has 516 valence electrons. The number of ether oxygens (including phenoxy) is 6. The molecule has 19 heteroatoms. The fraction of sp³-hybridized carbons (Fsp3) is 0.899. The Morgan fingerprint density at radius 2 is 0.773 bits per heavy atom. The predicted molar refractivity (Wildman–Crippen MR) is 342 cm³/mol. The number of hydrogen-bond donors (Lipinski definition) is 12. The van der Waals surface area contributed by atoms with Gasteiger partial charge >= 0.3 is 0 Å². The topological polar surface area (TPSA) is 307 Å². The van der Waals surface area contributed by atoms with Crippen LogP contribution in [0.4, 0.5) is 0 Å². The largest absolute Gasteiger partial charge is 0.394 e. The van der Waals surface area contributed by atoms with E-state index in [4.69, 9.17) is 28.4 Å².